The van der Waals surface area contributed by atoms with Crippen LogP contribution in [-0.4, -0.2) is 43.2 Å². The van der Waals surface area contributed by atoms with Crippen molar-refractivity contribution in [3.63, 3.8) is 0 Å². The van der Waals surface area contributed by atoms with E-state index in [0.29, 0.717) is 17.0 Å². The number of nitrogens with one attached hydrogen (secondary N) is 1. The van der Waals surface area contributed by atoms with Crippen molar-refractivity contribution in [3.8, 4) is 0 Å². The molecule has 0 spiro atoms. The molecule has 0 aliphatic heterocycles. The average molecular weight is 368 g/mol. The van der Waals surface area contributed by atoms with Crippen molar-refractivity contribution < 1.29 is 23.1 Å². The first-order valence-corrected chi connectivity index (χ1v) is 9.72. The van der Waals surface area contributed by atoms with Gasteiger partial charge in [-0.1, -0.05) is 6.07 Å². The summed E-state index contributed by atoms with van der Waals surface area (Å²) in [6, 6.07) is 4.50. The van der Waals surface area contributed by atoms with Gasteiger partial charge in [-0.3, -0.25) is 4.79 Å². The number of thiazole rings is 1. The lowest BCUT2D eigenvalue weighted by molar-refractivity contribution is 0.0690. The lowest BCUT2D eigenvalue weighted by atomic mass is 10.1. The molecule has 0 saturated heterocycles. The lowest BCUT2D eigenvalue weighted by Crippen LogP contribution is -2.26. The van der Waals surface area contributed by atoms with E-state index in [2.05, 4.69) is 10.3 Å². The quantitative estimate of drug-likeness (QED) is 0.799. The molecular weight excluding hydrogens is 352 g/mol. The van der Waals surface area contributed by atoms with Gasteiger partial charge >= 0.3 is 5.97 Å². The molecule has 2 rings (SSSR count). The van der Waals surface area contributed by atoms with Gasteiger partial charge in [-0.05, 0) is 24.6 Å². The van der Waals surface area contributed by atoms with Gasteiger partial charge in [0, 0.05) is 30.2 Å². The molecule has 9 heteroatoms. The molecule has 0 saturated carbocycles. The molecule has 0 aliphatic rings. The molecule has 0 aliphatic carbocycles. The highest BCUT2D eigenvalue weighted by Gasteiger charge is 2.15. The Bertz CT molecular complexity index is 887. The van der Waals surface area contributed by atoms with E-state index in [0.717, 1.165) is 6.26 Å². The van der Waals surface area contributed by atoms with Crippen molar-refractivity contribution >= 4 is 33.1 Å². The molecule has 0 radical (unpaired) electrons. The second-order valence-electron chi connectivity index (χ2n) is 5.19. The molecule has 0 unspecified atom stereocenters. The topological polar surface area (TPSA) is 113 Å². The van der Waals surface area contributed by atoms with E-state index in [-0.39, 0.29) is 22.7 Å². The monoisotopic (exact) mass is 368 g/mol. The van der Waals surface area contributed by atoms with Crippen LogP contribution >= 0.6 is 11.3 Å². The van der Waals surface area contributed by atoms with Gasteiger partial charge in [0.05, 0.1) is 9.90 Å². The standard InChI is InChI=1S/C15H16N2O5S2/c1-9-3-4-10(7-12(9)24(2,21)22)14(18)16-6-5-13-17-11(8-23-13)15(19)20/h3-4,7-8H,5-6H2,1-2H3,(H,16,18)(H,19,20). The van der Waals surface area contributed by atoms with Gasteiger partial charge in [0.1, 0.15) is 0 Å². The number of carboxylic acids is 1. The van der Waals surface area contributed by atoms with Gasteiger partial charge in [-0.15, -0.1) is 11.3 Å². The molecular formula is C15H16N2O5S2. The summed E-state index contributed by atoms with van der Waals surface area (Å²) in [7, 11) is -3.40. The molecule has 7 nitrogen and oxygen atoms in total. The Morgan fingerprint density at radius 1 is 1.33 bits per heavy atom. The first kappa shape index (κ1) is 18.1. The third-order valence-corrected chi connectivity index (χ3v) is 5.39. The van der Waals surface area contributed by atoms with Crippen LogP contribution in [0.4, 0.5) is 0 Å². The number of nitrogens with zero attached hydrogens (tertiary/aromatic N) is 1. The highest BCUT2D eigenvalue weighted by molar-refractivity contribution is 7.90. The first-order chi connectivity index (χ1) is 11.2. The summed E-state index contributed by atoms with van der Waals surface area (Å²) in [5, 5.41) is 13.5. The molecule has 24 heavy (non-hydrogen) atoms. The molecule has 1 amide bonds. The van der Waals surface area contributed by atoms with E-state index < -0.39 is 21.7 Å². The van der Waals surface area contributed by atoms with Crippen LogP contribution in [0.15, 0.2) is 28.5 Å². The predicted octanol–water partition coefficient (Wildman–Crippen LogP) is 1.53. The lowest BCUT2D eigenvalue weighted by Gasteiger charge is -2.08. The molecule has 0 atom stereocenters. The summed E-state index contributed by atoms with van der Waals surface area (Å²) in [6.45, 7) is 1.94. The molecule has 0 fully saturated rings. The van der Waals surface area contributed by atoms with Gasteiger partial charge in [-0.25, -0.2) is 18.2 Å². The summed E-state index contributed by atoms with van der Waals surface area (Å²) >= 11 is 1.21. The maximum atomic E-state index is 12.1. The maximum absolute atomic E-state index is 12.1. The zero-order valence-corrected chi connectivity index (χ0v) is 14.7. The van der Waals surface area contributed by atoms with Crippen molar-refractivity contribution in [2.45, 2.75) is 18.2 Å². The van der Waals surface area contributed by atoms with Crippen LogP contribution in [0.5, 0.6) is 0 Å². The Hall–Kier alpha value is -2.26. The molecule has 2 aromatic rings. The fourth-order valence-corrected chi connectivity index (χ4v) is 3.82. The number of aromatic carboxylic acids is 1. The fourth-order valence-electron chi connectivity index (χ4n) is 2.05. The van der Waals surface area contributed by atoms with Crippen LogP contribution in [0, 0.1) is 6.92 Å². The Morgan fingerprint density at radius 3 is 2.62 bits per heavy atom. The van der Waals surface area contributed by atoms with E-state index in [1.165, 1.54) is 22.8 Å². The number of aromatic nitrogens is 1. The third-order valence-electron chi connectivity index (χ3n) is 3.25. The average Bonchev–Trinajstić information content (AvgIpc) is 2.95. The molecule has 1 heterocycles. The second kappa shape index (κ2) is 7.10. The Kier molecular flexibility index (Phi) is 5.35. The SMILES string of the molecule is Cc1ccc(C(=O)NCCc2nc(C(=O)O)cs2)cc1S(C)(=O)=O. The van der Waals surface area contributed by atoms with E-state index in [4.69, 9.17) is 5.11 Å². The minimum Gasteiger partial charge on any atom is -0.476 e. The van der Waals surface area contributed by atoms with Crippen LogP contribution in [0.3, 0.4) is 0 Å². The van der Waals surface area contributed by atoms with Crippen LogP contribution < -0.4 is 5.32 Å². The number of rotatable bonds is 6. The Labute approximate surface area is 143 Å². The Morgan fingerprint density at radius 2 is 2.04 bits per heavy atom. The van der Waals surface area contributed by atoms with Gasteiger partial charge in [0.15, 0.2) is 15.5 Å². The van der Waals surface area contributed by atoms with Crippen LogP contribution in [0.25, 0.3) is 0 Å². The minimum atomic E-state index is -3.40. The van der Waals surface area contributed by atoms with Crippen molar-refractivity contribution in [1.29, 1.82) is 0 Å². The number of benzene rings is 1. The fraction of sp³-hybridized carbons (Fsp3) is 0.267. The molecule has 0 bridgehead atoms. The number of aryl methyl sites for hydroxylation is 1. The molecule has 1 aromatic carbocycles. The van der Waals surface area contributed by atoms with E-state index in [1.54, 1.807) is 19.1 Å². The molecule has 2 N–H and O–H groups in total. The molecule has 1 aromatic heterocycles. The van der Waals surface area contributed by atoms with Crippen molar-refractivity contribution in [1.82, 2.24) is 10.3 Å². The van der Waals surface area contributed by atoms with E-state index in [1.807, 2.05) is 0 Å². The predicted molar refractivity (Wildman–Crippen MR) is 89.4 cm³/mol. The highest BCUT2D eigenvalue weighted by atomic mass is 32.2. The minimum absolute atomic E-state index is 0.0161. The number of amides is 1. The number of sulfone groups is 1. The van der Waals surface area contributed by atoms with Crippen molar-refractivity contribution in [3.05, 3.63) is 45.4 Å². The number of hydrogen-bond donors (Lipinski definition) is 2. The summed E-state index contributed by atoms with van der Waals surface area (Å²) in [4.78, 5) is 26.9. The third kappa shape index (κ3) is 4.39. The Balaban J connectivity index is 2.01. The van der Waals surface area contributed by atoms with Gasteiger partial charge in [0.25, 0.3) is 5.91 Å². The van der Waals surface area contributed by atoms with Crippen molar-refractivity contribution in [2.75, 3.05) is 12.8 Å². The summed E-state index contributed by atoms with van der Waals surface area (Å²) < 4.78 is 23.4. The van der Waals surface area contributed by atoms with Crippen molar-refractivity contribution in [2.24, 2.45) is 0 Å². The summed E-state index contributed by atoms with van der Waals surface area (Å²) in [5.74, 6) is -1.48. The summed E-state index contributed by atoms with van der Waals surface area (Å²) in [6.07, 6.45) is 1.49. The van der Waals surface area contributed by atoms with Crippen LogP contribution in [-0.2, 0) is 16.3 Å². The first-order valence-electron chi connectivity index (χ1n) is 6.95. The number of hydrogen-bond acceptors (Lipinski definition) is 6. The smallest absolute Gasteiger partial charge is 0.355 e. The maximum Gasteiger partial charge on any atom is 0.355 e. The zero-order chi connectivity index (χ0) is 17.9. The number of carbonyl (C=O) groups excluding carboxylic acids is 1. The summed E-state index contributed by atoms with van der Waals surface area (Å²) in [5.41, 5.74) is 0.821. The van der Waals surface area contributed by atoms with E-state index in [9.17, 15) is 18.0 Å². The van der Waals surface area contributed by atoms with E-state index >= 15 is 0 Å². The molecule has 128 valence electrons. The van der Waals surface area contributed by atoms with Crippen LogP contribution in [0.1, 0.15) is 31.4 Å². The number of carbonyl (C=O) groups is 2. The van der Waals surface area contributed by atoms with Gasteiger partial charge in [0.2, 0.25) is 0 Å². The zero-order valence-electron chi connectivity index (χ0n) is 13.1. The highest BCUT2D eigenvalue weighted by Crippen LogP contribution is 2.17. The van der Waals surface area contributed by atoms with Gasteiger partial charge in [-0.2, -0.15) is 0 Å². The van der Waals surface area contributed by atoms with Crippen LogP contribution in [0.2, 0.25) is 0 Å². The normalized spacial score (nSPS) is 11.2. The largest absolute Gasteiger partial charge is 0.476 e. The number of carboxylic acid groups (broad SMARTS) is 1. The van der Waals surface area contributed by atoms with Gasteiger partial charge < -0.3 is 10.4 Å². The second-order valence-corrected chi connectivity index (χ2v) is 8.12.